The van der Waals surface area contributed by atoms with Crippen LogP contribution in [0.2, 0.25) is 5.02 Å². The van der Waals surface area contributed by atoms with Crippen molar-refractivity contribution in [3.05, 3.63) is 69.5 Å². The standard InChI is InChI=1S/C43H56ClFN4O6S/c1-4-55-43(25-47-14-15-48-16-17-53-23-33(48)22-47)32-18-31(19-32)27(2)28(3)56(51,52)46-41(50)29-8-12-39-38(20-29)49(21-30-7-9-35(30)43)24-42(26-54-39)13-5-6-34-36(42)10-11-37(44)40(34)45/h8,10-12,18,20,27-28,30-31,33,35H,4-7,9,13-17,19,21-26H2,1-3H3,(H,46,50)/t27-,28+,30+,31+,33+,35-,42+,43+/m1/s1. The Morgan fingerprint density at radius 2 is 1.95 bits per heavy atom. The molecule has 0 unspecified atom stereocenters. The van der Waals surface area contributed by atoms with Gasteiger partial charge >= 0.3 is 0 Å². The van der Waals surface area contributed by atoms with Gasteiger partial charge in [0, 0.05) is 69.4 Å². The summed E-state index contributed by atoms with van der Waals surface area (Å²) in [5.74, 6) is -0.0230. The summed E-state index contributed by atoms with van der Waals surface area (Å²) in [5, 5.41) is -0.659. The Balaban J connectivity index is 1.14. The van der Waals surface area contributed by atoms with Gasteiger partial charge in [0.15, 0.2) is 0 Å². The van der Waals surface area contributed by atoms with Crippen LogP contribution in [0.3, 0.4) is 0 Å². The molecule has 5 aliphatic heterocycles. The number of hydrogen-bond donors (Lipinski definition) is 1. The molecule has 0 radical (unpaired) electrons. The fourth-order valence-electron chi connectivity index (χ4n) is 11.3. The first-order valence-corrected chi connectivity index (χ1v) is 22.8. The molecule has 10 rings (SSSR count). The summed E-state index contributed by atoms with van der Waals surface area (Å²) in [6.07, 6.45) is 7.36. The van der Waals surface area contributed by atoms with Gasteiger partial charge < -0.3 is 19.1 Å². The van der Waals surface area contributed by atoms with Crippen molar-refractivity contribution in [2.75, 3.05) is 77.1 Å². The van der Waals surface area contributed by atoms with Crippen molar-refractivity contribution >= 4 is 33.2 Å². The molecule has 10 nitrogen and oxygen atoms in total. The maximum Gasteiger partial charge on any atom is 0.264 e. The van der Waals surface area contributed by atoms with Gasteiger partial charge in [-0.25, -0.2) is 17.5 Å². The molecule has 2 aromatic rings. The molecule has 2 saturated heterocycles. The van der Waals surface area contributed by atoms with Crippen molar-refractivity contribution in [2.45, 2.75) is 81.6 Å². The Morgan fingerprint density at radius 3 is 2.73 bits per heavy atom. The SMILES string of the molecule is CCO[C@@]1(CN2CCN3CCOC[C@@H]3C2)C2=C[C@@H](C2)[C@H](C)[C@H](C)S(=O)(=O)NC(=O)c2ccc3c(c2)N(C[C@@H]2CC[C@H]21)C[C@@]1(CCCc2c1ccc(Cl)c2F)CO3. The second kappa shape index (κ2) is 14.8. The van der Waals surface area contributed by atoms with Gasteiger partial charge in [-0.2, -0.15) is 0 Å². The van der Waals surface area contributed by atoms with Gasteiger partial charge in [-0.1, -0.05) is 30.7 Å². The van der Waals surface area contributed by atoms with Crippen LogP contribution in [0.1, 0.15) is 74.4 Å². The molecule has 0 aromatic heterocycles. The smallest absolute Gasteiger partial charge is 0.264 e. The molecule has 4 bridgehead atoms. The van der Waals surface area contributed by atoms with E-state index < -0.39 is 32.2 Å². The zero-order valence-corrected chi connectivity index (χ0v) is 34.5. The monoisotopic (exact) mass is 810 g/mol. The molecule has 1 N–H and O–H groups in total. The lowest BCUT2D eigenvalue weighted by atomic mass is 9.57. The molecule has 8 aliphatic rings. The van der Waals surface area contributed by atoms with Crippen molar-refractivity contribution < 1.29 is 31.8 Å². The Kier molecular flexibility index (Phi) is 10.3. The number of fused-ring (bicyclic) bond motifs is 7. The number of benzene rings is 2. The van der Waals surface area contributed by atoms with E-state index in [0.29, 0.717) is 50.1 Å². The Morgan fingerprint density at radius 1 is 1.11 bits per heavy atom. The van der Waals surface area contributed by atoms with Crippen LogP contribution in [0.25, 0.3) is 0 Å². The van der Waals surface area contributed by atoms with E-state index in [2.05, 4.69) is 32.4 Å². The van der Waals surface area contributed by atoms with Crippen molar-refractivity contribution in [3.8, 4) is 5.75 Å². The van der Waals surface area contributed by atoms with Crippen LogP contribution in [-0.4, -0.2) is 113 Å². The van der Waals surface area contributed by atoms with Gasteiger partial charge in [-0.15, -0.1) is 0 Å². The zero-order chi connectivity index (χ0) is 39.0. The summed E-state index contributed by atoms with van der Waals surface area (Å²) in [6.45, 7) is 14.2. The number of sulfonamides is 1. The molecule has 3 aliphatic carbocycles. The summed E-state index contributed by atoms with van der Waals surface area (Å²) in [5.41, 5.74) is 2.85. The van der Waals surface area contributed by atoms with Gasteiger partial charge in [0.1, 0.15) is 17.2 Å². The predicted octanol–water partition coefficient (Wildman–Crippen LogP) is 5.81. The van der Waals surface area contributed by atoms with Crippen molar-refractivity contribution in [3.63, 3.8) is 0 Å². The summed E-state index contributed by atoms with van der Waals surface area (Å²) < 4.78 is 65.5. The topological polar surface area (TPSA) is 101 Å². The van der Waals surface area contributed by atoms with Crippen LogP contribution < -0.4 is 14.4 Å². The second-order valence-corrected chi connectivity index (χ2v) is 20.2. The number of carbonyl (C=O) groups is 1. The van der Waals surface area contributed by atoms with Crippen LogP contribution in [0.5, 0.6) is 5.75 Å². The van der Waals surface area contributed by atoms with Crippen molar-refractivity contribution in [1.29, 1.82) is 0 Å². The molecule has 3 fully saturated rings. The Labute approximate surface area is 336 Å². The molecule has 8 atom stereocenters. The summed E-state index contributed by atoms with van der Waals surface area (Å²) in [7, 11) is -4.01. The number of allylic oxidation sites excluding steroid dienone is 1. The maximum absolute atomic E-state index is 15.7. The number of ether oxygens (including phenoxy) is 3. The molecule has 1 saturated carbocycles. The highest BCUT2D eigenvalue weighted by atomic mass is 35.5. The normalized spacial score (nSPS) is 35.7. The van der Waals surface area contributed by atoms with Gasteiger partial charge in [-0.05, 0) is 117 Å². The lowest BCUT2D eigenvalue weighted by molar-refractivity contribution is -0.132. The van der Waals surface area contributed by atoms with Gasteiger partial charge in [0.2, 0.25) is 10.0 Å². The third-order valence-corrected chi connectivity index (χ3v) is 17.0. The van der Waals surface area contributed by atoms with E-state index in [1.165, 1.54) is 5.57 Å². The first-order chi connectivity index (χ1) is 26.9. The number of piperazine rings is 1. The molecule has 304 valence electrons. The minimum absolute atomic E-state index is 0.0512. The molecule has 2 aromatic carbocycles. The third-order valence-electron chi connectivity index (χ3n) is 14.8. The van der Waals surface area contributed by atoms with E-state index >= 15 is 4.39 Å². The van der Waals surface area contributed by atoms with Crippen LogP contribution >= 0.6 is 11.6 Å². The average molecular weight is 811 g/mol. The number of nitrogens with zero attached hydrogens (tertiary/aromatic N) is 3. The number of anilines is 1. The number of rotatable bonds is 4. The first kappa shape index (κ1) is 38.8. The molecular formula is C43H56ClFN4O6S. The van der Waals surface area contributed by atoms with Gasteiger partial charge in [0.25, 0.3) is 5.91 Å². The maximum atomic E-state index is 15.7. The fraction of sp³-hybridized carbons (Fsp3) is 0.651. The summed E-state index contributed by atoms with van der Waals surface area (Å²) in [6, 6.07) is 9.24. The number of hydrogen-bond acceptors (Lipinski definition) is 9. The summed E-state index contributed by atoms with van der Waals surface area (Å²) in [4.78, 5) is 21.3. The number of halogens is 2. The fourth-order valence-corrected chi connectivity index (χ4v) is 12.8. The molecule has 5 heterocycles. The lowest BCUT2D eigenvalue weighted by Crippen LogP contribution is -2.64. The van der Waals surface area contributed by atoms with Gasteiger partial charge in [-0.3, -0.25) is 14.6 Å². The molecule has 13 heteroatoms. The van der Waals surface area contributed by atoms with Crippen LogP contribution in [-0.2, 0) is 31.3 Å². The van der Waals surface area contributed by atoms with E-state index in [1.807, 2.05) is 13.0 Å². The minimum atomic E-state index is -4.01. The predicted molar refractivity (Wildman–Crippen MR) is 215 cm³/mol. The van der Waals surface area contributed by atoms with Crippen molar-refractivity contribution in [2.24, 2.45) is 23.7 Å². The Bertz CT molecular complexity index is 2020. The van der Waals surface area contributed by atoms with Crippen LogP contribution in [0, 0.1) is 29.5 Å². The molecule has 1 amide bonds. The Hall–Kier alpha value is -2.74. The quantitative estimate of drug-likeness (QED) is 0.384. The molecule has 1 spiro atoms. The first-order valence-electron chi connectivity index (χ1n) is 20.9. The van der Waals surface area contributed by atoms with E-state index in [4.69, 9.17) is 25.8 Å². The van der Waals surface area contributed by atoms with Crippen LogP contribution in [0.15, 0.2) is 42.0 Å². The minimum Gasteiger partial charge on any atom is -0.490 e. The van der Waals surface area contributed by atoms with E-state index in [9.17, 15) is 13.2 Å². The number of morpholine rings is 1. The summed E-state index contributed by atoms with van der Waals surface area (Å²) >= 11 is 6.33. The third kappa shape index (κ3) is 6.58. The van der Waals surface area contributed by atoms with E-state index in [0.717, 1.165) is 89.3 Å². The lowest BCUT2D eigenvalue weighted by Gasteiger charge is -2.57. The molecule has 56 heavy (non-hydrogen) atoms. The largest absolute Gasteiger partial charge is 0.490 e. The second-order valence-electron chi connectivity index (χ2n) is 17.7. The van der Waals surface area contributed by atoms with Crippen LogP contribution in [0.4, 0.5) is 10.1 Å². The van der Waals surface area contributed by atoms with Gasteiger partial charge in [0.05, 0.1) is 35.8 Å². The highest BCUT2D eigenvalue weighted by molar-refractivity contribution is 7.90. The highest BCUT2D eigenvalue weighted by Crippen LogP contribution is 2.54. The number of nitrogens with one attached hydrogen (secondary N) is 1. The highest BCUT2D eigenvalue weighted by Gasteiger charge is 2.55. The molecular weight excluding hydrogens is 755 g/mol. The number of amides is 1. The number of carbonyl (C=O) groups excluding carboxylic acids is 1. The van der Waals surface area contributed by atoms with E-state index in [1.54, 1.807) is 31.2 Å². The van der Waals surface area contributed by atoms with Crippen molar-refractivity contribution in [1.82, 2.24) is 14.5 Å². The van der Waals surface area contributed by atoms with E-state index in [-0.39, 0.29) is 40.1 Å². The average Bonchev–Trinajstić information content (AvgIpc) is 3.30. The zero-order valence-electron chi connectivity index (χ0n) is 32.9.